The van der Waals surface area contributed by atoms with Gasteiger partial charge in [-0.2, -0.15) is 0 Å². The van der Waals surface area contributed by atoms with E-state index in [4.69, 9.17) is 5.73 Å². The van der Waals surface area contributed by atoms with Crippen molar-refractivity contribution in [3.8, 4) is 0 Å². The van der Waals surface area contributed by atoms with E-state index in [0.29, 0.717) is 6.42 Å². The van der Waals surface area contributed by atoms with Crippen LogP contribution in [0.15, 0.2) is 30.3 Å². The quantitative estimate of drug-likeness (QED) is 0.757. The van der Waals surface area contributed by atoms with Crippen LogP contribution in [0, 0.1) is 0 Å². The molecular weight excluding hydrogens is 186 g/mol. The molecule has 0 aliphatic carbocycles. The fourth-order valence-electron chi connectivity index (χ4n) is 1.03. The number of carbonyl (C=O) groups is 1. The van der Waals surface area contributed by atoms with Gasteiger partial charge in [-0.1, -0.05) is 30.3 Å². The molecule has 0 radical (unpaired) electrons. The minimum Gasteiger partial charge on any atom is -0.328 e. The molecule has 1 atom stereocenters. The number of rotatable bonds is 3. The second kappa shape index (κ2) is 5.73. The molecule has 3 heteroatoms. The van der Waals surface area contributed by atoms with Crippen molar-refractivity contribution in [2.45, 2.75) is 19.4 Å². The van der Waals surface area contributed by atoms with Gasteiger partial charge in [0.2, 0.25) is 0 Å². The monoisotopic (exact) mass is 199 g/mol. The second-order valence-corrected chi connectivity index (χ2v) is 2.97. The van der Waals surface area contributed by atoms with Crippen molar-refractivity contribution in [1.29, 1.82) is 0 Å². The molecule has 0 spiro atoms. The van der Waals surface area contributed by atoms with Gasteiger partial charge in [0.1, 0.15) is 0 Å². The van der Waals surface area contributed by atoms with Crippen LogP contribution in [0.25, 0.3) is 0 Å². The number of nitrogens with two attached hydrogens (primary N) is 1. The zero-order valence-corrected chi connectivity index (χ0v) is 8.38. The van der Waals surface area contributed by atoms with Crippen LogP contribution in [0.2, 0.25) is 0 Å². The lowest BCUT2D eigenvalue weighted by Gasteiger charge is -2.02. The van der Waals surface area contributed by atoms with Crippen molar-refractivity contribution in [3.63, 3.8) is 0 Å². The number of benzene rings is 1. The molecular formula is C10H14ClNO. The highest BCUT2D eigenvalue weighted by molar-refractivity contribution is 5.96. The first-order valence-corrected chi connectivity index (χ1v) is 4.04. The van der Waals surface area contributed by atoms with Crippen LogP contribution in [-0.4, -0.2) is 11.8 Å². The second-order valence-electron chi connectivity index (χ2n) is 2.97. The molecule has 1 unspecified atom stereocenters. The topological polar surface area (TPSA) is 43.1 Å². The molecule has 0 amide bonds. The summed E-state index contributed by atoms with van der Waals surface area (Å²) in [6.07, 6.45) is 0.421. The van der Waals surface area contributed by atoms with Gasteiger partial charge in [-0.15, -0.1) is 12.4 Å². The van der Waals surface area contributed by atoms with Crippen LogP contribution < -0.4 is 5.73 Å². The van der Waals surface area contributed by atoms with Crippen molar-refractivity contribution >= 4 is 18.2 Å². The standard InChI is InChI=1S/C10H13NO.ClH/c1-8(11)7-10(12)9-5-3-2-4-6-9;/h2-6,8H,7,11H2,1H3;1H. The maximum absolute atomic E-state index is 11.4. The smallest absolute Gasteiger partial charge is 0.164 e. The average Bonchev–Trinajstić information content (AvgIpc) is 2.05. The maximum atomic E-state index is 11.4. The Bertz CT molecular complexity index is 259. The third-order valence-electron chi connectivity index (χ3n) is 1.60. The predicted molar refractivity (Wildman–Crippen MR) is 56.3 cm³/mol. The van der Waals surface area contributed by atoms with Crippen molar-refractivity contribution in [2.24, 2.45) is 5.73 Å². The molecule has 0 aliphatic heterocycles. The van der Waals surface area contributed by atoms with Gasteiger partial charge in [-0.3, -0.25) is 4.79 Å². The number of hydrogen-bond donors (Lipinski definition) is 1. The summed E-state index contributed by atoms with van der Waals surface area (Å²) in [5, 5.41) is 0. The van der Waals surface area contributed by atoms with Gasteiger partial charge < -0.3 is 5.73 Å². The minimum atomic E-state index is -0.0577. The van der Waals surface area contributed by atoms with Gasteiger partial charge in [0.15, 0.2) is 5.78 Å². The minimum absolute atomic E-state index is 0. The molecule has 1 aromatic rings. The van der Waals surface area contributed by atoms with E-state index in [1.54, 1.807) is 0 Å². The summed E-state index contributed by atoms with van der Waals surface area (Å²) in [7, 11) is 0. The first kappa shape index (κ1) is 12.1. The van der Waals surface area contributed by atoms with E-state index in [0.717, 1.165) is 5.56 Å². The van der Waals surface area contributed by atoms with Crippen LogP contribution in [0.5, 0.6) is 0 Å². The lowest BCUT2D eigenvalue weighted by molar-refractivity contribution is 0.0976. The molecule has 1 aromatic carbocycles. The highest BCUT2D eigenvalue weighted by Gasteiger charge is 2.06. The van der Waals surface area contributed by atoms with Gasteiger partial charge in [-0.05, 0) is 6.92 Å². The molecule has 0 saturated heterocycles. The van der Waals surface area contributed by atoms with Crippen molar-refractivity contribution in [1.82, 2.24) is 0 Å². The predicted octanol–water partition coefficient (Wildman–Crippen LogP) is 2.03. The summed E-state index contributed by atoms with van der Waals surface area (Å²) in [5.41, 5.74) is 6.26. The summed E-state index contributed by atoms with van der Waals surface area (Å²) in [4.78, 5) is 11.4. The normalized spacial score (nSPS) is 11.5. The molecule has 2 N–H and O–H groups in total. The van der Waals surface area contributed by atoms with E-state index >= 15 is 0 Å². The van der Waals surface area contributed by atoms with E-state index in [9.17, 15) is 4.79 Å². The molecule has 0 aliphatic rings. The van der Waals surface area contributed by atoms with E-state index in [1.165, 1.54) is 0 Å². The van der Waals surface area contributed by atoms with Crippen LogP contribution in [0.1, 0.15) is 23.7 Å². The van der Waals surface area contributed by atoms with Crippen molar-refractivity contribution < 1.29 is 4.79 Å². The summed E-state index contributed by atoms with van der Waals surface area (Å²) in [6.45, 7) is 1.83. The number of halogens is 1. The highest BCUT2D eigenvalue weighted by atomic mass is 35.5. The van der Waals surface area contributed by atoms with Gasteiger partial charge in [0, 0.05) is 18.0 Å². The Morgan fingerprint density at radius 3 is 2.38 bits per heavy atom. The summed E-state index contributed by atoms with van der Waals surface area (Å²) in [6, 6.07) is 9.17. The third kappa shape index (κ3) is 4.06. The van der Waals surface area contributed by atoms with Crippen molar-refractivity contribution in [2.75, 3.05) is 0 Å². The molecule has 0 heterocycles. The molecule has 0 fully saturated rings. The molecule has 72 valence electrons. The van der Waals surface area contributed by atoms with Gasteiger partial charge in [0.25, 0.3) is 0 Å². The lowest BCUT2D eigenvalue weighted by Crippen LogP contribution is -2.19. The summed E-state index contributed by atoms with van der Waals surface area (Å²) in [5.74, 6) is 0.116. The zero-order valence-electron chi connectivity index (χ0n) is 7.57. The van der Waals surface area contributed by atoms with Crippen LogP contribution in [-0.2, 0) is 0 Å². The van der Waals surface area contributed by atoms with Crippen LogP contribution >= 0.6 is 12.4 Å². The van der Waals surface area contributed by atoms with E-state index < -0.39 is 0 Å². The maximum Gasteiger partial charge on any atom is 0.164 e. The first-order chi connectivity index (χ1) is 5.70. The Morgan fingerprint density at radius 1 is 1.38 bits per heavy atom. The van der Waals surface area contributed by atoms with Crippen LogP contribution in [0.4, 0.5) is 0 Å². The fourth-order valence-corrected chi connectivity index (χ4v) is 1.03. The zero-order chi connectivity index (χ0) is 8.97. The molecule has 0 saturated carbocycles. The van der Waals surface area contributed by atoms with E-state index in [2.05, 4.69) is 0 Å². The fraction of sp³-hybridized carbons (Fsp3) is 0.300. The van der Waals surface area contributed by atoms with Gasteiger partial charge >= 0.3 is 0 Å². The number of ketones is 1. The Kier molecular flexibility index (Phi) is 5.35. The number of carbonyl (C=O) groups excluding carboxylic acids is 1. The summed E-state index contributed by atoms with van der Waals surface area (Å²) >= 11 is 0. The highest BCUT2D eigenvalue weighted by Crippen LogP contribution is 2.03. The van der Waals surface area contributed by atoms with E-state index in [-0.39, 0.29) is 24.2 Å². The van der Waals surface area contributed by atoms with Gasteiger partial charge in [0.05, 0.1) is 0 Å². The Balaban J connectivity index is 0.00000144. The SMILES string of the molecule is CC(N)CC(=O)c1ccccc1.Cl. The number of hydrogen-bond acceptors (Lipinski definition) is 2. The largest absolute Gasteiger partial charge is 0.328 e. The molecule has 1 rings (SSSR count). The van der Waals surface area contributed by atoms with Gasteiger partial charge in [-0.25, -0.2) is 0 Å². The Labute approximate surface area is 84.5 Å². The third-order valence-corrected chi connectivity index (χ3v) is 1.60. The van der Waals surface area contributed by atoms with E-state index in [1.807, 2.05) is 37.3 Å². The first-order valence-electron chi connectivity index (χ1n) is 4.04. The lowest BCUT2D eigenvalue weighted by atomic mass is 10.1. The number of Topliss-reactive ketones (excluding diaryl/α,β-unsaturated/α-hetero) is 1. The molecule has 0 bridgehead atoms. The Morgan fingerprint density at radius 2 is 1.92 bits per heavy atom. The van der Waals surface area contributed by atoms with Crippen LogP contribution in [0.3, 0.4) is 0 Å². The molecule has 13 heavy (non-hydrogen) atoms. The average molecular weight is 200 g/mol. The van der Waals surface area contributed by atoms with Crippen molar-refractivity contribution in [3.05, 3.63) is 35.9 Å². The Hall–Kier alpha value is -0.860. The molecule has 2 nitrogen and oxygen atoms in total. The molecule has 0 aromatic heterocycles. The summed E-state index contributed by atoms with van der Waals surface area (Å²) < 4.78 is 0.